The molecule has 2 aromatic carbocycles. The van der Waals surface area contributed by atoms with Gasteiger partial charge in [-0.3, -0.25) is 14.4 Å². The molecule has 0 aliphatic carbocycles. The number of nitrogens with one attached hydrogen (secondary N) is 2. The van der Waals surface area contributed by atoms with Crippen LogP contribution in [0.2, 0.25) is 5.02 Å². The number of rotatable bonds is 7. The Morgan fingerprint density at radius 1 is 1.07 bits per heavy atom. The quantitative estimate of drug-likeness (QED) is 0.643. The maximum Gasteiger partial charge on any atom is 0.308 e. The average molecular weight is 435 g/mol. The van der Waals surface area contributed by atoms with Gasteiger partial charge in [0, 0.05) is 17.1 Å². The number of carbonyl (C=O) groups is 3. The first-order valence-corrected chi connectivity index (χ1v) is 9.73. The molecule has 2 rings (SSSR count). The maximum atomic E-state index is 13.6. The van der Waals surface area contributed by atoms with Crippen molar-refractivity contribution in [3.05, 3.63) is 64.4 Å². The van der Waals surface area contributed by atoms with Gasteiger partial charge in [0.05, 0.1) is 12.1 Å². The second-order valence-electron chi connectivity index (χ2n) is 7.67. The van der Waals surface area contributed by atoms with Crippen molar-refractivity contribution in [3.63, 3.8) is 0 Å². The van der Waals surface area contributed by atoms with Gasteiger partial charge in [-0.15, -0.1) is 0 Å². The molecule has 2 aromatic rings. The van der Waals surface area contributed by atoms with Gasteiger partial charge in [-0.1, -0.05) is 44.5 Å². The molecule has 0 aliphatic heterocycles. The van der Waals surface area contributed by atoms with E-state index in [0.717, 1.165) is 11.6 Å². The topological polar surface area (TPSA) is 84.5 Å². The first-order chi connectivity index (χ1) is 14.1. The van der Waals surface area contributed by atoms with Crippen LogP contribution >= 0.6 is 11.6 Å². The van der Waals surface area contributed by atoms with Gasteiger partial charge in [-0.2, -0.15) is 0 Å². The number of benzene rings is 2. The fourth-order valence-corrected chi connectivity index (χ4v) is 2.66. The molecule has 0 aromatic heterocycles. The summed E-state index contributed by atoms with van der Waals surface area (Å²) in [6.07, 6.45) is -0.103. The fourth-order valence-electron chi connectivity index (χ4n) is 2.50. The zero-order valence-corrected chi connectivity index (χ0v) is 17.8. The van der Waals surface area contributed by atoms with Gasteiger partial charge in [0.1, 0.15) is 5.82 Å². The molecule has 2 amide bonds. The van der Waals surface area contributed by atoms with Crippen LogP contribution in [0, 0.1) is 5.82 Å². The Morgan fingerprint density at radius 3 is 2.33 bits per heavy atom. The van der Waals surface area contributed by atoms with E-state index in [1.807, 2.05) is 12.1 Å². The summed E-state index contributed by atoms with van der Waals surface area (Å²) in [5.74, 6) is -2.35. The van der Waals surface area contributed by atoms with Crippen LogP contribution in [0.25, 0.3) is 0 Å². The molecule has 0 saturated heterocycles. The van der Waals surface area contributed by atoms with E-state index in [1.54, 1.807) is 12.1 Å². The smallest absolute Gasteiger partial charge is 0.308 e. The average Bonchev–Trinajstić information content (AvgIpc) is 2.68. The molecule has 0 atom stereocenters. The summed E-state index contributed by atoms with van der Waals surface area (Å²) < 4.78 is 18.5. The molecule has 0 heterocycles. The standard InChI is InChI=1S/C22H24ClFN2O4/c1-22(2,3)15-6-4-14(5-7-15)21(29)25-11-10-20(28)30-13-19(27)26-18-9-8-16(23)12-17(18)24/h4-9,12H,10-11,13H2,1-3H3,(H,25,29)(H,26,27). The molecule has 0 saturated carbocycles. The van der Waals surface area contributed by atoms with Gasteiger partial charge in [-0.25, -0.2) is 4.39 Å². The second-order valence-corrected chi connectivity index (χ2v) is 8.10. The minimum atomic E-state index is -0.694. The van der Waals surface area contributed by atoms with Crippen LogP contribution in [-0.4, -0.2) is 30.9 Å². The number of halogens is 2. The third-order valence-electron chi connectivity index (χ3n) is 4.20. The molecule has 2 N–H and O–H groups in total. The molecule has 0 aliphatic rings. The third-order valence-corrected chi connectivity index (χ3v) is 4.43. The summed E-state index contributed by atoms with van der Waals surface area (Å²) in [5, 5.41) is 5.11. The van der Waals surface area contributed by atoms with E-state index in [4.69, 9.17) is 16.3 Å². The van der Waals surface area contributed by atoms with Crippen molar-refractivity contribution < 1.29 is 23.5 Å². The normalized spacial score (nSPS) is 11.0. The molecule has 6 nitrogen and oxygen atoms in total. The number of ether oxygens (including phenoxy) is 1. The lowest BCUT2D eigenvalue weighted by Gasteiger charge is -2.19. The Morgan fingerprint density at radius 2 is 1.73 bits per heavy atom. The van der Waals surface area contributed by atoms with Gasteiger partial charge < -0.3 is 15.4 Å². The number of amides is 2. The van der Waals surface area contributed by atoms with E-state index in [1.165, 1.54) is 12.1 Å². The first-order valence-electron chi connectivity index (χ1n) is 9.35. The Kier molecular flexibility index (Phi) is 7.94. The van der Waals surface area contributed by atoms with Gasteiger partial charge >= 0.3 is 5.97 Å². The van der Waals surface area contributed by atoms with Crippen molar-refractivity contribution in [2.45, 2.75) is 32.6 Å². The summed E-state index contributed by atoms with van der Waals surface area (Å²) >= 11 is 5.64. The summed E-state index contributed by atoms with van der Waals surface area (Å²) in [6.45, 7) is 5.75. The van der Waals surface area contributed by atoms with Gasteiger partial charge in [0.15, 0.2) is 6.61 Å². The Balaban J connectivity index is 1.71. The molecule has 0 unspecified atom stereocenters. The molecular formula is C22H24ClFN2O4. The van der Waals surface area contributed by atoms with Crippen molar-refractivity contribution in [1.82, 2.24) is 5.32 Å². The third kappa shape index (κ3) is 7.15. The highest BCUT2D eigenvalue weighted by Crippen LogP contribution is 2.22. The van der Waals surface area contributed by atoms with E-state index in [0.29, 0.717) is 5.56 Å². The highest BCUT2D eigenvalue weighted by Gasteiger charge is 2.15. The van der Waals surface area contributed by atoms with Crippen molar-refractivity contribution in [3.8, 4) is 0 Å². The summed E-state index contributed by atoms with van der Waals surface area (Å²) in [4.78, 5) is 35.6. The van der Waals surface area contributed by atoms with Crippen LogP contribution < -0.4 is 10.6 Å². The Hall–Kier alpha value is -2.93. The van der Waals surface area contributed by atoms with Crippen molar-refractivity contribution in [2.24, 2.45) is 0 Å². The SMILES string of the molecule is CC(C)(C)c1ccc(C(=O)NCCC(=O)OCC(=O)Nc2ccc(Cl)cc2F)cc1. The highest BCUT2D eigenvalue weighted by atomic mass is 35.5. The predicted octanol–water partition coefficient (Wildman–Crippen LogP) is 4.08. The van der Waals surface area contributed by atoms with Crippen molar-refractivity contribution in [2.75, 3.05) is 18.5 Å². The Bertz CT molecular complexity index is 924. The zero-order valence-electron chi connectivity index (χ0n) is 17.1. The molecule has 8 heteroatoms. The van der Waals surface area contributed by atoms with Crippen molar-refractivity contribution in [1.29, 1.82) is 0 Å². The number of hydrogen-bond acceptors (Lipinski definition) is 4. The summed E-state index contributed by atoms with van der Waals surface area (Å²) in [7, 11) is 0. The molecule has 0 radical (unpaired) electrons. The van der Waals surface area contributed by atoms with E-state index in [9.17, 15) is 18.8 Å². The van der Waals surface area contributed by atoms with Crippen molar-refractivity contribution >= 4 is 35.1 Å². The first kappa shape index (κ1) is 23.3. The van der Waals surface area contributed by atoms with Crippen LogP contribution in [0.5, 0.6) is 0 Å². The van der Waals surface area contributed by atoms with Crippen LogP contribution in [0.15, 0.2) is 42.5 Å². The molecule has 30 heavy (non-hydrogen) atoms. The fraction of sp³-hybridized carbons (Fsp3) is 0.318. The minimum Gasteiger partial charge on any atom is -0.456 e. The monoisotopic (exact) mass is 434 g/mol. The zero-order chi connectivity index (χ0) is 22.3. The summed E-state index contributed by atoms with van der Waals surface area (Å²) in [6, 6.07) is 11.0. The Labute approximate surface area is 179 Å². The lowest BCUT2D eigenvalue weighted by Crippen LogP contribution is -2.28. The largest absolute Gasteiger partial charge is 0.456 e. The van der Waals surface area contributed by atoms with Crippen LogP contribution in [0.4, 0.5) is 10.1 Å². The number of anilines is 1. The van der Waals surface area contributed by atoms with Gasteiger partial charge in [0.2, 0.25) is 0 Å². The molecule has 0 fully saturated rings. The molecule has 0 bridgehead atoms. The van der Waals surface area contributed by atoms with Crippen LogP contribution in [0.1, 0.15) is 43.1 Å². The lowest BCUT2D eigenvalue weighted by atomic mass is 9.87. The molecule has 160 valence electrons. The lowest BCUT2D eigenvalue weighted by molar-refractivity contribution is -0.147. The molecular weight excluding hydrogens is 411 g/mol. The van der Waals surface area contributed by atoms with E-state index in [2.05, 4.69) is 31.4 Å². The maximum absolute atomic E-state index is 13.6. The predicted molar refractivity (Wildman–Crippen MR) is 113 cm³/mol. The molecule has 0 spiro atoms. The van der Waals surface area contributed by atoms with E-state index in [-0.39, 0.29) is 35.0 Å². The minimum absolute atomic E-state index is 0.00954. The number of esters is 1. The van der Waals surface area contributed by atoms with Gasteiger partial charge in [-0.05, 0) is 41.3 Å². The van der Waals surface area contributed by atoms with Gasteiger partial charge in [0.25, 0.3) is 11.8 Å². The van der Waals surface area contributed by atoms with E-state index >= 15 is 0 Å². The highest BCUT2D eigenvalue weighted by molar-refractivity contribution is 6.30. The van der Waals surface area contributed by atoms with Crippen LogP contribution in [-0.2, 0) is 19.7 Å². The van der Waals surface area contributed by atoms with E-state index < -0.39 is 24.3 Å². The van der Waals surface area contributed by atoms with Crippen LogP contribution in [0.3, 0.4) is 0 Å². The second kappa shape index (κ2) is 10.2. The summed E-state index contributed by atoms with van der Waals surface area (Å²) in [5.41, 5.74) is 1.52. The number of hydrogen-bond donors (Lipinski definition) is 2. The number of carbonyl (C=O) groups excluding carboxylic acids is 3.